The number of carbonyl (C=O) groups is 2. The van der Waals surface area contributed by atoms with Gasteiger partial charge in [0.15, 0.2) is 5.13 Å². The topological polar surface area (TPSA) is 95.6 Å². The molecule has 0 unspecified atom stereocenters. The third-order valence-corrected chi connectivity index (χ3v) is 6.71. The molecule has 9 heteroatoms. The number of carbonyl (C=O) groups excluding carboxylic acids is 2. The fourth-order valence-corrected chi connectivity index (χ4v) is 4.97. The summed E-state index contributed by atoms with van der Waals surface area (Å²) in [4.78, 5) is 32.7. The van der Waals surface area contributed by atoms with Crippen LogP contribution in [0.25, 0.3) is 0 Å². The number of hydrogen-bond acceptors (Lipinski definition) is 6. The van der Waals surface area contributed by atoms with E-state index in [1.165, 1.54) is 0 Å². The normalized spacial score (nSPS) is 13.5. The summed E-state index contributed by atoms with van der Waals surface area (Å²) in [5.74, 6) is -0.240. The molecule has 0 spiro atoms. The number of para-hydroxylation sites is 2. The maximum Gasteiger partial charge on any atom is 0.325 e. The highest BCUT2D eigenvalue weighted by Gasteiger charge is 2.20. The van der Waals surface area contributed by atoms with Gasteiger partial charge in [-0.25, -0.2) is 9.78 Å². The van der Waals surface area contributed by atoms with Gasteiger partial charge in [-0.3, -0.25) is 10.1 Å². The molecule has 1 aliphatic rings. The Morgan fingerprint density at radius 1 is 0.971 bits per heavy atom. The fourth-order valence-electron chi connectivity index (χ4n) is 4.12. The zero-order chi connectivity index (χ0) is 24.2. The summed E-state index contributed by atoms with van der Waals surface area (Å²) in [6, 6.07) is 11.3. The van der Waals surface area contributed by atoms with Gasteiger partial charge in [0.05, 0.1) is 30.3 Å². The van der Waals surface area contributed by atoms with Crippen LogP contribution in [0.2, 0.25) is 0 Å². The zero-order valence-electron chi connectivity index (χ0n) is 19.8. The molecule has 3 N–H and O–H groups in total. The van der Waals surface area contributed by atoms with Gasteiger partial charge in [0.25, 0.3) is 5.91 Å². The molecule has 0 bridgehead atoms. The SMILES string of the molecule is Cc1cc(C)c(NC(=O)c2sc(NC(=O)Nc3ccccc3N3CCOCC3)nc2C)c(C)c1. The molecule has 3 amide bonds. The van der Waals surface area contributed by atoms with Crippen molar-refractivity contribution >= 4 is 45.5 Å². The third kappa shape index (κ3) is 5.37. The lowest BCUT2D eigenvalue weighted by molar-refractivity contribution is 0.102. The zero-order valence-corrected chi connectivity index (χ0v) is 20.6. The molecule has 1 aliphatic heterocycles. The Morgan fingerprint density at radius 3 is 2.35 bits per heavy atom. The van der Waals surface area contributed by atoms with E-state index in [2.05, 4.69) is 25.8 Å². The molecule has 1 fully saturated rings. The van der Waals surface area contributed by atoms with Gasteiger partial charge in [0.1, 0.15) is 4.88 Å². The van der Waals surface area contributed by atoms with Crippen LogP contribution in [0.1, 0.15) is 32.1 Å². The Balaban J connectivity index is 1.44. The Labute approximate surface area is 203 Å². The number of rotatable bonds is 5. The van der Waals surface area contributed by atoms with Gasteiger partial charge in [-0.2, -0.15) is 0 Å². The van der Waals surface area contributed by atoms with Crippen molar-refractivity contribution in [1.29, 1.82) is 0 Å². The average Bonchev–Trinajstić information content (AvgIpc) is 3.16. The van der Waals surface area contributed by atoms with Gasteiger partial charge >= 0.3 is 6.03 Å². The number of amides is 3. The highest BCUT2D eigenvalue weighted by molar-refractivity contribution is 7.17. The second-order valence-corrected chi connectivity index (χ2v) is 9.36. The first-order valence-corrected chi connectivity index (χ1v) is 12.0. The second kappa shape index (κ2) is 10.2. The van der Waals surface area contributed by atoms with Crippen molar-refractivity contribution in [3.63, 3.8) is 0 Å². The number of ether oxygens (including phenoxy) is 1. The highest BCUT2D eigenvalue weighted by Crippen LogP contribution is 2.29. The van der Waals surface area contributed by atoms with Gasteiger partial charge < -0.3 is 20.3 Å². The van der Waals surface area contributed by atoms with Gasteiger partial charge in [-0.15, -0.1) is 0 Å². The Kier molecular flexibility index (Phi) is 7.14. The molecule has 2 heterocycles. The minimum absolute atomic E-state index is 0.240. The van der Waals surface area contributed by atoms with Crippen molar-refractivity contribution in [3.05, 3.63) is 63.7 Å². The van der Waals surface area contributed by atoms with Crippen LogP contribution in [0.3, 0.4) is 0 Å². The van der Waals surface area contributed by atoms with E-state index in [4.69, 9.17) is 4.74 Å². The number of urea groups is 1. The molecule has 3 aromatic rings. The molecule has 8 nitrogen and oxygen atoms in total. The minimum Gasteiger partial charge on any atom is -0.378 e. The molecule has 34 heavy (non-hydrogen) atoms. The number of aryl methyl sites for hydroxylation is 4. The summed E-state index contributed by atoms with van der Waals surface area (Å²) in [6.07, 6.45) is 0. The van der Waals surface area contributed by atoms with Crippen molar-refractivity contribution in [2.75, 3.05) is 47.2 Å². The molecule has 178 valence electrons. The first-order valence-electron chi connectivity index (χ1n) is 11.2. The summed E-state index contributed by atoms with van der Waals surface area (Å²) in [5.41, 5.74) is 6.17. The molecule has 2 aromatic carbocycles. The van der Waals surface area contributed by atoms with E-state index in [9.17, 15) is 9.59 Å². The molecule has 4 rings (SSSR count). The standard InChI is InChI=1S/C25H29N5O3S/c1-15-13-16(2)21(17(3)14-15)28-23(31)22-18(4)26-25(34-22)29-24(32)27-19-7-5-6-8-20(19)30-9-11-33-12-10-30/h5-8,13-14H,9-12H2,1-4H3,(H,28,31)(H2,26,27,29,32). The number of nitrogens with zero attached hydrogens (tertiary/aromatic N) is 2. The van der Waals surface area contributed by atoms with Crippen LogP contribution in [0.5, 0.6) is 0 Å². The number of morpholine rings is 1. The maximum absolute atomic E-state index is 12.9. The van der Waals surface area contributed by atoms with E-state index in [0.717, 1.165) is 52.5 Å². The van der Waals surface area contributed by atoms with Crippen molar-refractivity contribution in [1.82, 2.24) is 4.98 Å². The van der Waals surface area contributed by atoms with Gasteiger partial charge in [0.2, 0.25) is 0 Å². The second-order valence-electron chi connectivity index (χ2n) is 8.36. The molecule has 1 aromatic heterocycles. The maximum atomic E-state index is 12.9. The van der Waals surface area contributed by atoms with Crippen LogP contribution in [-0.4, -0.2) is 43.2 Å². The van der Waals surface area contributed by atoms with Crippen molar-refractivity contribution < 1.29 is 14.3 Å². The first-order chi connectivity index (χ1) is 16.3. The highest BCUT2D eigenvalue weighted by atomic mass is 32.1. The number of benzene rings is 2. The van der Waals surface area contributed by atoms with Crippen LogP contribution < -0.4 is 20.9 Å². The average molecular weight is 480 g/mol. The van der Waals surface area contributed by atoms with Gasteiger partial charge in [-0.1, -0.05) is 41.2 Å². The number of hydrogen-bond donors (Lipinski definition) is 3. The van der Waals surface area contributed by atoms with Crippen molar-refractivity contribution in [2.45, 2.75) is 27.7 Å². The fraction of sp³-hybridized carbons (Fsp3) is 0.320. The molecule has 0 atom stereocenters. The van der Waals surface area contributed by atoms with Crippen LogP contribution >= 0.6 is 11.3 Å². The van der Waals surface area contributed by atoms with Crippen molar-refractivity contribution in [3.8, 4) is 0 Å². The van der Waals surface area contributed by atoms with E-state index in [0.29, 0.717) is 34.6 Å². The lowest BCUT2D eigenvalue weighted by atomic mass is 10.1. The first kappa shape index (κ1) is 23.7. The van der Waals surface area contributed by atoms with Gasteiger partial charge in [0, 0.05) is 18.8 Å². The van der Waals surface area contributed by atoms with Crippen LogP contribution in [0.4, 0.5) is 27.0 Å². The Morgan fingerprint density at radius 2 is 1.65 bits per heavy atom. The lowest BCUT2D eigenvalue weighted by Gasteiger charge is -2.30. The van der Waals surface area contributed by atoms with E-state index in [-0.39, 0.29) is 5.91 Å². The van der Waals surface area contributed by atoms with Crippen LogP contribution in [-0.2, 0) is 4.74 Å². The quantitative estimate of drug-likeness (QED) is 0.473. The third-order valence-electron chi connectivity index (χ3n) is 5.64. The Hall–Kier alpha value is -3.43. The molecular formula is C25H29N5O3S. The van der Waals surface area contributed by atoms with Crippen LogP contribution in [0, 0.1) is 27.7 Å². The molecule has 0 radical (unpaired) electrons. The van der Waals surface area contributed by atoms with Crippen LogP contribution in [0.15, 0.2) is 36.4 Å². The predicted molar refractivity (Wildman–Crippen MR) is 138 cm³/mol. The predicted octanol–water partition coefficient (Wildman–Crippen LogP) is 5.11. The number of anilines is 4. The minimum atomic E-state index is -0.411. The molecule has 1 saturated heterocycles. The molecule has 0 saturated carbocycles. The summed E-state index contributed by atoms with van der Waals surface area (Å²) >= 11 is 1.15. The summed E-state index contributed by atoms with van der Waals surface area (Å²) in [5, 5.41) is 9.04. The molecular weight excluding hydrogens is 450 g/mol. The van der Waals surface area contributed by atoms with E-state index < -0.39 is 6.03 Å². The lowest BCUT2D eigenvalue weighted by Crippen LogP contribution is -2.36. The Bertz CT molecular complexity index is 1190. The largest absolute Gasteiger partial charge is 0.378 e. The molecule has 0 aliphatic carbocycles. The van der Waals surface area contributed by atoms with E-state index in [1.54, 1.807) is 6.92 Å². The monoisotopic (exact) mass is 479 g/mol. The van der Waals surface area contributed by atoms with E-state index in [1.807, 2.05) is 57.2 Å². The number of nitrogens with one attached hydrogen (secondary N) is 3. The van der Waals surface area contributed by atoms with Gasteiger partial charge in [-0.05, 0) is 51.0 Å². The number of aromatic nitrogens is 1. The summed E-state index contributed by atoms with van der Waals surface area (Å²) in [7, 11) is 0. The van der Waals surface area contributed by atoms with Crippen molar-refractivity contribution in [2.24, 2.45) is 0 Å². The summed E-state index contributed by atoms with van der Waals surface area (Å²) in [6.45, 7) is 10.6. The number of thiazole rings is 1. The van der Waals surface area contributed by atoms with E-state index >= 15 is 0 Å². The smallest absolute Gasteiger partial charge is 0.325 e. The summed E-state index contributed by atoms with van der Waals surface area (Å²) < 4.78 is 5.43.